The van der Waals surface area contributed by atoms with E-state index in [4.69, 9.17) is 0 Å². The molecule has 9 heteroatoms. The minimum absolute atomic E-state index is 0.149. The smallest absolute Gasteiger partial charge is 0.309 e. The Morgan fingerprint density at radius 3 is 2.40 bits per heavy atom. The lowest BCUT2D eigenvalue weighted by Gasteiger charge is -2.17. The Hall–Kier alpha value is -3.04. The molecule has 2 aromatic heterocycles. The second kappa shape index (κ2) is 9.64. The van der Waals surface area contributed by atoms with Gasteiger partial charge in [-0.3, -0.25) is 14.6 Å². The number of nitrogens with one attached hydrogen (secondary N) is 2. The zero-order chi connectivity index (χ0) is 21.6. The van der Waals surface area contributed by atoms with Crippen LogP contribution < -0.4 is 10.6 Å². The highest BCUT2D eigenvalue weighted by Gasteiger charge is 2.31. The number of benzene rings is 1. The Labute approximate surface area is 179 Å². The van der Waals surface area contributed by atoms with Crippen LogP contribution in [0.4, 0.5) is 0 Å². The summed E-state index contributed by atoms with van der Waals surface area (Å²) in [5.74, 6) is -1.73. The Morgan fingerprint density at radius 2 is 1.77 bits per heavy atom. The lowest BCUT2D eigenvalue weighted by Crippen LogP contribution is -2.42. The van der Waals surface area contributed by atoms with E-state index < -0.39 is 26.9 Å². The van der Waals surface area contributed by atoms with Gasteiger partial charge in [0, 0.05) is 30.4 Å². The molecule has 2 amide bonds. The molecule has 0 bridgehead atoms. The second-order valence-electron chi connectivity index (χ2n) is 6.62. The van der Waals surface area contributed by atoms with Crippen LogP contribution in [0.25, 0.3) is 0 Å². The van der Waals surface area contributed by atoms with Crippen molar-refractivity contribution < 1.29 is 18.0 Å². The number of aryl methyl sites for hydroxylation is 1. The van der Waals surface area contributed by atoms with Crippen molar-refractivity contribution in [3.05, 3.63) is 82.3 Å². The maximum Gasteiger partial charge on any atom is 0.309 e. The molecule has 30 heavy (non-hydrogen) atoms. The van der Waals surface area contributed by atoms with E-state index in [1.54, 1.807) is 66.3 Å². The Bertz CT molecular complexity index is 1100. The highest BCUT2D eigenvalue weighted by atomic mass is 32.2. The maximum atomic E-state index is 13.2. The molecule has 2 N–H and O–H groups in total. The lowest BCUT2D eigenvalue weighted by atomic mass is 10.2. The van der Waals surface area contributed by atoms with Crippen LogP contribution in [0, 0.1) is 6.92 Å². The van der Waals surface area contributed by atoms with Gasteiger partial charge in [-0.2, -0.15) is 0 Å². The highest BCUT2D eigenvalue weighted by Crippen LogP contribution is 2.31. The quantitative estimate of drug-likeness (QED) is 0.546. The molecule has 0 aliphatic carbocycles. The fourth-order valence-electron chi connectivity index (χ4n) is 2.76. The van der Waals surface area contributed by atoms with Gasteiger partial charge in [-0.05, 0) is 42.1 Å². The van der Waals surface area contributed by atoms with Gasteiger partial charge in [0.1, 0.15) is 5.25 Å². The van der Waals surface area contributed by atoms with Crippen molar-refractivity contribution in [2.75, 3.05) is 6.54 Å². The van der Waals surface area contributed by atoms with Crippen LogP contribution in [0.2, 0.25) is 0 Å². The molecule has 7 nitrogen and oxygen atoms in total. The van der Waals surface area contributed by atoms with Gasteiger partial charge >= 0.3 is 11.8 Å². The summed E-state index contributed by atoms with van der Waals surface area (Å²) >= 11 is 1.29. The summed E-state index contributed by atoms with van der Waals surface area (Å²) in [6.07, 6.45) is 3.19. The standard InChI is InChI=1S/C21H21N3O4S2/c1-15-6-8-17(9-7-15)30(27,28)19(18-5-3-11-29-18)14-24-21(26)20(25)23-13-16-4-2-10-22-12-16/h2-12,19H,13-14H2,1H3,(H,23,25)(H,24,26). The summed E-state index contributed by atoms with van der Waals surface area (Å²) < 4.78 is 26.4. The van der Waals surface area contributed by atoms with E-state index in [9.17, 15) is 18.0 Å². The number of thiophene rings is 1. The molecule has 0 aliphatic rings. The van der Waals surface area contributed by atoms with Crippen molar-refractivity contribution in [3.8, 4) is 0 Å². The molecule has 3 rings (SSSR count). The van der Waals surface area contributed by atoms with E-state index in [-0.39, 0.29) is 18.0 Å². The van der Waals surface area contributed by atoms with Crippen molar-refractivity contribution in [1.29, 1.82) is 0 Å². The molecule has 0 spiro atoms. The van der Waals surface area contributed by atoms with Crippen molar-refractivity contribution in [3.63, 3.8) is 0 Å². The molecule has 1 unspecified atom stereocenters. The van der Waals surface area contributed by atoms with Crippen LogP contribution >= 0.6 is 11.3 Å². The van der Waals surface area contributed by atoms with Gasteiger partial charge in [0.25, 0.3) is 0 Å². The number of sulfone groups is 1. The third-order valence-corrected chi connectivity index (χ3v) is 7.65. The summed E-state index contributed by atoms with van der Waals surface area (Å²) in [6, 6.07) is 13.5. The average molecular weight is 444 g/mol. The number of aromatic nitrogens is 1. The van der Waals surface area contributed by atoms with Crippen LogP contribution in [-0.2, 0) is 26.0 Å². The van der Waals surface area contributed by atoms with Gasteiger partial charge < -0.3 is 10.6 Å². The third kappa shape index (κ3) is 5.31. The largest absolute Gasteiger partial charge is 0.346 e. The molecule has 2 heterocycles. The maximum absolute atomic E-state index is 13.2. The Balaban J connectivity index is 1.69. The first-order valence-corrected chi connectivity index (χ1v) is 11.6. The van der Waals surface area contributed by atoms with Gasteiger partial charge in [0.05, 0.1) is 4.90 Å². The number of carbonyl (C=O) groups is 2. The van der Waals surface area contributed by atoms with E-state index in [2.05, 4.69) is 15.6 Å². The normalized spacial score (nSPS) is 12.2. The summed E-state index contributed by atoms with van der Waals surface area (Å²) in [6.45, 7) is 1.81. The molecule has 0 radical (unpaired) electrons. The molecule has 0 saturated heterocycles. The fraction of sp³-hybridized carbons (Fsp3) is 0.190. The first-order valence-electron chi connectivity index (χ1n) is 9.17. The van der Waals surface area contributed by atoms with Crippen molar-refractivity contribution in [1.82, 2.24) is 15.6 Å². The first-order chi connectivity index (χ1) is 14.4. The SMILES string of the molecule is Cc1ccc(S(=O)(=O)C(CNC(=O)C(=O)NCc2cccnc2)c2cccs2)cc1. The number of pyridine rings is 1. The molecule has 0 fully saturated rings. The first kappa shape index (κ1) is 21.7. The summed E-state index contributed by atoms with van der Waals surface area (Å²) in [5, 5.41) is 5.73. The number of nitrogens with zero attached hydrogens (tertiary/aromatic N) is 1. The summed E-state index contributed by atoms with van der Waals surface area (Å²) in [7, 11) is -3.76. The van der Waals surface area contributed by atoms with Gasteiger partial charge in [0.15, 0.2) is 9.84 Å². The van der Waals surface area contributed by atoms with E-state index in [0.29, 0.717) is 4.88 Å². The topological polar surface area (TPSA) is 105 Å². The molecule has 1 aromatic carbocycles. The molecule has 0 saturated carbocycles. The van der Waals surface area contributed by atoms with Crippen LogP contribution in [-0.4, -0.2) is 31.8 Å². The van der Waals surface area contributed by atoms with E-state index in [1.807, 2.05) is 6.92 Å². The van der Waals surface area contributed by atoms with Crippen LogP contribution in [0.5, 0.6) is 0 Å². The molecular weight excluding hydrogens is 422 g/mol. The Morgan fingerprint density at radius 1 is 1.03 bits per heavy atom. The summed E-state index contributed by atoms with van der Waals surface area (Å²) in [4.78, 5) is 29.0. The minimum atomic E-state index is -3.76. The van der Waals surface area contributed by atoms with Gasteiger partial charge in [-0.1, -0.05) is 29.8 Å². The number of amides is 2. The van der Waals surface area contributed by atoms with Crippen molar-refractivity contribution in [2.45, 2.75) is 23.6 Å². The molecule has 156 valence electrons. The molecule has 1 atom stereocenters. The fourth-order valence-corrected chi connectivity index (χ4v) is 5.55. The summed E-state index contributed by atoms with van der Waals surface area (Å²) in [5.41, 5.74) is 1.69. The van der Waals surface area contributed by atoms with E-state index in [1.165, 1.54) is 11.3 Å². The highest BCUT2D eigenvalue weighted by molar-refractivity contribution is 7.91. The molecule has 0 aliphatic heterocycles. The Kier molecular flexibility index (Phi) is 6.96. The van der Waals surface area contributed by atoms with Gasteiger partial charge in [-0.25, -0.2) is 8.42 Å². The zero-order valence-electron chi connectivity index (χ0n) is 16.2. The van der Waals surface area contributed by atoms with Crippen molar-refractivity contribution >= 4 is 33.0 Å². The predicted octanol–water partition coefficient (Wildman–Crippen LogP) is 2.40. The van der Waals surface area contributed by atoms with Crippen LogP contribution in [0.1, 0.15) is 21.3 Å². The van der Waals surface area contributed by atoms with Gasteiger partial charge in [-0.15, -0.1) is 11.3 Å². The van der Waals surface area contributed by atoms with Crippen LogP contribution in [0.3, 0.4) is 0 Å². The zero-order valence-corrected chi connectivity index (χ0v) is 17.9. The van der Waals surface area contributed by atoms with Gasteiger partial charge in [0.2, 0.25) is 0 Å². The number of hydrogen-bond acceptors (Lipinski definition) is 6. The van der Waals surface area contributed by atoms with E-state index >= 15 is 0 Å². The lowest BCUT2D eigenvalue weighted by molar-refractivity contribution is -0.139. The second-order valence-corrected chi connectivity index (χ2v) is 9.73. The third-order valence-electron chi connectivity index (χ3n) is 4.41. The number of hydrogen-bond donors (Lipinski definition) is 2. The monoisotopic (exact) mass is 443 g/mol. The molecule has 3 aromatic rings. The average Bonchev–Trinajstić information content (AvgIpc) is 3.27. The minimum Gasteiger partial charge on any atom is -0.346 e. The van der Waals surface area contributed by atoms with Crippen molar-refractivity contribution in [2.24, 2.45) is 0 Å². The van der Waals surface area contributed by atoms with E-state index in [0.717, 1.165) is 11.1 Å². The molecular formula is C21H21N3O4S2. The number of rotatable bonds is 7. The predicted molar refractivity (Wildman–Crippen MR) is 115 cm³/mol. The number of carbonyl (C=O) groups excluding carboxylic acids is 2. The van der Waals surface area contributed by atoms with Crippen LogP contribution in [0.15, 0.2) is 71.2 Å².